The van der Waals surface area contributed by atoms with Gasteiger partial charge in [0.1, 0.15) is 0 Å². The van der Waals surface area contributed by atoms with Crippen LogP contribution in [0.4, 0.5) is 0 Å². The van der Waals surface area contributed by atoms with E-state index < -0.39 is 0 Å². The molecule has 0 atom stereocenters. The molecule has 0 spiro atoms. The number of para-hydroxylation sites is 1. The molecule has 13 heavy (non-hydrogen) atoms. The zero-order chi connectivity index (χ0) is 9.84. The van der Waals surface area contributed by atoms with E-state index in [1.54, 1.807) is 0 Å². The number of aryl methyl sites for hydroxylation is 2. The largest absolute Gasteiger partial charge is 0.268 e. The third kappa shape index (κ3) is 1.72. The van der Waals surface area contributed by atoms with E-state index in [2.05, 4.69) is 17.2 Å². The summed E-state index contributed by atoms with van der Waals surface area (Å²) in [6.07, 6.45) is 0. The number of hydrogen-bond donors (Lipinski definition) is 0. The van der Waals surface area contributed by atoms with Gasteiger partial charge in [-0.3, -0.25) is 4.68 Å². The van der Waals surface area contributed by atoms with Crippen molar-refractivity contribution in [3.63, 3.8) is 0 Å². The van der Waals surface area contributed by atoms with Gasteiger partial charge in [0.05, 0.1) is 11.2 Å². The van der Waals surface area contributed by atoms with Gasteiger partial charge in [-0.1, -0.05) is 32.0 Å². The van der Waals surface area contributed by atoms with E-state index in [1.165, 1.54) is 10.9 Å². The minimum absolute atomic E-state index is 1.10. The van der Waals surface area contributed by atoms with E-state index in [-0.39, 0.29) is 0 Å². The number of rotatable bonds is 0. The Morgan fingerprint density at radius 3 is 2.38 bits per heavy atom. The van der Waals surface area contributed by atoms with Crippen molar-refractivity contribution in [1.29, 1.82) is 0 Å². The summed E-state index contributed by atoms with van der Waals surface area (Å²) in [4.78, 5) is 0. The van der Waals surface area contributed by atoms with E-state index in [1.807, 2.05) is 44.6 Å². The summed E-state index contributed by atoms with van der Waals surface area (Å²) in [6, 6.07) is 8.24. The summed E-state index contributed by atoms with van der Waals surface area (Å²) in [7, 11) is 1.97. The fourth-order valence-corrected chi connectivity index (χ4v) is 1.39. The first kappa shape index (κ1) is 9.78. The first-order valence-corrected chi connectivity index (χ1v) is 4.67. The van der Waals surface area contributed by atoms with Gasteiger partial charge in [-0.2, -0.15) is 5.10 Å². The number of fused-ring (bicyclic) bond motifs is 1. The lowest BCUT2D eigenvalue weighted by molar-refractivity contribution is 0.783. The summed E-state index contributed by atoms with van der Waals surface area (Å²) in [6.45, 7) is 6.03. The van der Waals surface area contributed by atoms with Crippen molar-refractivity contribution in [1.82, 2.24) is 9.78 Å². The van der Waals surface area contributed by atoms with Crippen LogP contribution in [0.5, 0.6) is 0 Å². The molecule has 2 aromatic rings. The highest BCUT2D eigenvalue weighted by atomic mass is 15.3. The summed E-state index contributed by atoms with van der Waals surface area (Å²) in [5.74, 6) is 0. The van der Waals surface area contributed by atoms with Crippen LogP contribution in [0.15, 0.2) is 24.3 Å². The Labute approximate surface area is 79.2 Å². The molecule has 1 aromatic heterocycles. The predicted molar refractivity (Wildman–Crippen MR) is 56.8 cm³/mol. The number of aromatic nitrogens is 2. The molecule has 0 aliphatic carbocycles. The SMILES string of the molecule is CC.Cc1nn(C)c2ccccc12. The smallest absolute Gasteiger partial charge is 0.0681 e. The van der Waals surface area contributed by atoms with Gasteiger partial charge < -0.3 is 0 Å². The molecule has 1 aromatic carbocycles. The molecule has 2 rings (SSSR count). The quantitative estimate of drug-likeness (QED) is 0.603. The van der Waals surface area contributed by atoms with Gasteiger partial charge in [0.15, 0.2) is 0 Å². The van der Waals surface area contributed by atoms with Crippen LogP contribution in [0, 0.1) is 6.92 Å². The lowest BCUT2D eigenvalue weighted by Gasteiger charge is -1.90. The molecule has 2 nitrogen and oxygen atoms in total. The molecule has 0 fully saturated rings. The van der Waals surface area contributed by atoms with Crippen molar-refractivity contribution in [2.45, 2.75) is 20.8 Å². The molecule has 0 amide bonds. The second-order valence-electron chi connectivity index (χ2n) is 2.73. The van der Waals surface area contributed by atoms with Crippen molar-refractivity contribution < 1.29 is 0 Å². The Bertz CT molecular complexity index is 352. The minimum Gasteiger partial charge on any atom is -0.268 e. The molecule has 0 aliphatic rings. The normalized spacial score (nSPS) is 9.54. The maximum atomic E-state index is 4.31. The van der Waals surface area contributed by atoms with Crippen LogP contribution >= 0.6 is 0 Å². The Kier molecular flexibility index (Phi) is 3.07. The molecular weight excluding hydrogens is 160 g/mol. The zero-order valence-corrected chi connectivity index (χ0v) is 8.70. The lowest BCUT2D eigenvalue weighted by atomic mass is 10.2. The van der Waals surface area contributed by atoms with Crippen molar-refractivity contribution >= 4 is 10.9 Å². The van der Waals surface area contributed by atoms with Gasteiger partial charge in [-0.15, -0.1) is 0 Å². The summed E-state index contributed by atoms with van der Waals surface area (Å²) >= 11 is 0. The van der Waals surface area contributed by atoms with Gasteiger partial charge in [-0.25, -0.2) is 0 Å². The van der Waals surface area contributed by atoms with Crippen molar-refractivity contribution in [3.8, 4) is 0 Å². The predicted octanol–water partition coefficient (Wildman–Crippen LogP) is 2.91. The third-order valence-electron chi connectivity index (χ3n) is 1.94. The monoisotopic (exact) mass is 176 g/mol. The molecule has 0 saturated carbocycles. The first-order chi connectivity index (χ1) is 6.29. The summed E-state index contributed by atoms with van der Waals surface area (Å²) < 4.78 is 1.91. The molecule has 0 unspecified atom stereocenters. The van der Waals surface area contributed by atoms with E-state index in [0.717, 1.165) is 5.69 Å². The fourth-order valence-electron chi connectivity index (χ4n) is 1.39. The Hall–Kier alpha value is -1.31. The molecule has 2 heteroatoms. The molecule has 0 N–H and O–H groups in total. The minimum atomic E-state index is 1.10. The highest BCUT2D eigenvalue weighted by Crippen LogP contribution is 2.15. The molecular formula is C11H16N2. The fraction of sp³-hybridized carbons (Fsp3) is 0.364. The Balaban J connectivity index is 0.000000396. The third-order valence-corrected chi connectivity index (χ3v) is 1.94. The van der Waals surface area contributed by atoms with Gasteiger partial charge in [0, 0.05) is 12.4 Å². The molecule has 0 aliphatic heterocycles. The maximum absolute atomic E-state index is 4.31. The second-order valence-corrected chi connectivity index (χ2v) is 2.73. The molecule has 1 heterocycles. The van der Waals surface area contributed by atoms with Gasteiger partial charge in [0.2, 0.25) is 0 Å². The van der Waals surface area contributed by atoms with E-state index in [9.17, 15) is 0 Å². The first-order valence-electron chi connectivity index (χ1n) is 4.67. The number of nitrogens with zero attached hydrogens (tertiary/aromatic N) is 2. The van der Waals surface area contributed by atoms with Gasteiger partial charge >= 0.3 is 0 Å². The Morgan fingerprint density at radius 1 is 1.15 bits per heavy atom. The molecule has 70 valence electrons. The molecule has 0 saturated heterocycles. The van der Waals surface area contributed by atoms with Gasteiger partial charge in [-0.05, 0) is 13.0 Å². The van der Waals surface area contributed by atoms with E-state index in [0.29, 0.717) is 0 Å². The van der Waals surface area contributed by atoms with E-state index in [4.69, 9.17) is 0 Å². The van der Waals surface area contributed by atoms with Crippen LogP contribution < -0.4 is 0 Å². The van der Waals surface area contributed by atoms with Gasteiger partial charge in [0.25, 0.3) is 0 Å². The standard InChI is InChI=1S/C9H10N2.C2H6/c1-7-8-5-3-4-6-9(8)11(2)10-7;1-2/h3-6H,1-2H3;1-2H3. The summed E-state index contributed by atoms with van der Waals surface area (Å²) in [5, 5.41) is 5.55. The average Bonchev–Trinajstić information content (AvgIpc) is 2.47. The van der Waals surface area contributed by atoms with Crippen molar-refractivity contribution in [2.75, 3.05) is 0 Å². The Morgan fingerprint density at radius 2 is 1.77 bits per heavy atom. The van der Waals surface area contributed by atoms with Crippen LogP contribution in [-0.2, 0) is 7.05 Å². The van der Waals surface area contributed by atoms with Crippen LogP contribution in [0.1, 0.15) is 19.5 Å². The topological polar surface area (TPSA) is 17.8 Å². The molecule has 0 bridgehead atoms. The van der Waals surface area contributed by atoms with E-state index >= 15 is 0 Å². The zero-order valence-electron chi connectivity index (χ0n) is 8.70. The second kappa shape index (κ2) is 4.08. The van der Waals surface area contributed by atoms with Crippen molar-refractivity contribution in [3.05, 3.63) is 30.0 Å². The average molecular weight is 176 g/mol. The highest BCUT2D eigenvalue weighted by molar-refractivity contribution is 5.81. The lowest BCUT2D eigenvalue weighted by Crippen LogP contribution is -1.88. The highest BCUT2D eigenvalue weighted by Gasteiger charge is 2.00. The van der Waals surface area contributed by atoms with Crippen molar-refractivity contribution in [2.24, 2.45) is 7.05 Å². The maximum Gasteiger partial charge on any atom is 0.0681 e. The van der Waals surface area contributed by atoms with Crippen LogP contribution in [0.25, 0.3) is 10.9 Å². The number of hydrogen-bond acceptors (Lipinski definition) is 1. The van der Waals surface area contributed by atoms with Crippen LogP contribution in [-0.4, -0.2) is 9.78 Å². The van der Waals surface area contributed by atoms with Crippen LogP contribution in [0.2, 0.25) is 0 Å². The van der Waals surface area contributed by atoms with Crippen LogP contribution in [0.3, 0.4) is 0 Å². The molecule has 0 radical (unpaired) electrons. The summed E-state index contributed by atoms with van der Waals surface area (Å²) in [5.41, 5.74) is 2.30. The number of benzene rings is 1.